The molecule has 0 aliphatic carbocycles. The molecule has 0 unspecified atom stereocenters. The molecule has 4 heteroatoms. The fourth-order valence-electron chi connectivity index (χ4n) is 1.55. The zero-order valence-electron chi connectivity index (χ0n) is 10.4. The third kappa shape index (κ3) is 3.96. The number of allylic oxidation sites excluding steroid dienone is 1. The zero-order valence-corrected chi connectivity index (χ0v) is 11.3. The van der Waals surface area contributed by atoms with Gasteiger partial charge >= 0.3 is 0 Å². The van der Waals surface area contributed by atoms with Crippen LogP contribution in [-0.4, -0.2) is 4.92 Å². The fourth-order valence-corrected chi connectivity index (χ4v) is 2.39. The quantitative estimate of drug-likeness (QED) is 0.608. The Hall–Kier alpha value is -2.07. The van der Waals surface area contributed by atoms with E-state index in [1.807, 2.05) is 42.5 Å². The molecule has 0 spiro atoms. The number of nitro groups is 1. The summed E-state index contributed by atoms with van der Waals surface area (Å²) in [5.74, 6) is 0. The molecule has 2 aromatic carbocycles. The van der Waals surface area contributed by atoms with Crippen molar-refractivity contribution < 1.29 is 4.92 Å². The maximum atomic E-state index is 10.5. The summed E-state index contributed by atoms with van der Waals surface area (Å²) in [5.41, 5.74) is 0.982. The van der Waals surface area contributed by atoms with Crippen LogP contribution in [0.1, 0.15) is 12.5 Å². The van der Waals surface area contributed by atoms with Crippen molar-refractivity contribution >= 4 is 17.8 Å². The number of rotatable bonds is 4. The van der Waals surface area contributed by atoms with E-state index >= 15 is 0 Å². The maximum Gasteiger partial charge on any atom is 0.243 e. The molecular weight excluding hydrogens is 258 g/mol. The molecule has 19 heavy (non-hydrogen) atoms. The monoisotopic (exact) mass is 271 g/mol. The van der Waals surface area contributed by atoms with Gasteiger partial charge in [-0.15, -0.1) is 0 Å². The van der Waals surface area contributed by atoms with Crippen LogP contribution in [0.15, 0.2) is 70.1 Å². The van der Waals surface area contributed by atoms with Gasteiger partial charge in [0, 0.05) is 22.8 Å². The fraction of sp³-hybridized carbons (Fsp3) is 0.0667. The molecule has 0 aliphatic heterocycles. The summed E-state index contributed by atoms with van der Waals surface area (Å²) in [6.07, 6.45) is 1.57. The predicted molar refractivity (Wildman–Crippen MR) is 77.7 cm³/mol. The van der Waals surface area contributed by atoms with E-state index in [2.05, 4.69) is 12.1 Å². The van der Waals surface area contributed by atoms with Gasteiger partial charge in [0.25, 0.3) is 0 Å². The first-order valence-corrected chi connectivity index (χ1v) is 6.62. The van der Waals surface area contributed by atoms with E-state index in [1.54, 1.807) is 17.8 Å². The first kappa shape index (κ1) is 13.4. The Bertz CT molecular complexity index is 591. The summed E-state index contributed by atoms with van der Waals surface area (Å²) in [4.78, 5) is 12.4. The normalized spacial score (nSPS) is 11.3. The molecule has 0 heterocycles. The minimum Gasteiger partial charge on any atom is -0.259 e. The Balaban J connectivity index is 2.11. The Morgan fingerprint density at radius 3 is 2.21 bits per heavy atom. The lowest BCUT2D eigenvalue weighted by atomic mass is 10.2. The topological polar surface area (TPSA) is 43.1 Å². The maximum absolute atomic E-state index is 10.5. The van der Waals surface area contributed by atoms with Gasteiger partial charge in [-0.2, -0.15) is 0 Å². The van der Waals surface area contributed by atoms with Gasteiger partial charge in [0.1, 0.15) is 0 Å². The van der Waals surface area contributed by atoms with Crippen molar-refractivity contribution in [2.24, 2.45) is 0 Å². The second-order valence-electron chi connectivity index (χ2n) is 4.03. The molecule has 0 radical (unpaired) electrons. The SMILES string of the molecule is C/C(=C/c1ccc(Sc2ccccc2)cc1)[N+](=O)[O-]. The Labute approximate surface area is 116 Å². The predicted octanol–water partition coefficient (Wildman–Crippen LogP) is 4.48. The molecule has 2 aromatic rings. The van der Waals surface area contributed by atoms with Crippen molar-refractivity contribution in [3.05, 3.63) is 76.0 Å². The molecule has 0 aliphatic rings. The average molecular weight is 271 g/mol. The van der Waals surface area contributed by atoms with Crippen molar-refractivity contribution in [2.45, 2.75) is 16.7 Å². The molecule has 0 saturated heterocycles. The van der Waals surface area contributed by atoms with Crippen LogP contribution in [0.3, 0.4) is 0 Å². The summed E-state index contributed by atoms with van der Waals surface area (Å²) >= 11 is 1.67. The Morgan fingerprint density at radius 2 is 1.63 bits per heavy atom. The van der Waals surface area contributed by atoms with Crippen molar-refractivity contribution in [1.82, 2.24) is 0 Å². The summed E-state index contributed by atoms with van der Waals surface area (Å²) in [5, 5.41) is 10.5. The van der Waals surface area contributed by atoms with Gasteiger partial charge in [0.05, 0.1) is 4.92 Å². The van der Waals surface area contributed by atoms with Crippen molar-refractivity contribution in [2.75, 3.05) is 0 Å². The van der Waals surface area contributed by atoms with Gasteiger partial charge in [0.15, 0.2) is 0 Å². The van der Waals surface area contributed by atoms with Crippen LogP contribution in [-0.2, 0) is 0 Å². The van der Waals surface area contributed by atoms with Crippen LogP contribution >= 0.6 is 11.8 Å². The number of nitrogens with zero attached hydrogens (tertiary/aromatic N) is 1. The van der Waals surface area contributed by atoms with Gasteiger partial charge in [-0.25, -0.2) is 0 Å². The minimum atomic E-state index is -0.382. The van der Waals surface area contributed by atoms with Crippen LogP contribution in [0.4, 0.5) is 0 Å². The standard InChI is InChI=1S/C15H13NO2S/c1-12(16(17)18)11-13-7-9-15(10-8-13)19-14-5-3-2-4-6-14/h2-11H,1H3/b12-11-. The molecule has 0 amide bonds. The summed E-state index contributed by atoms with van der Waals surface area (Å²) in [7, 11) is 0. The highest BCUT2D eigenvalue weighted by molar-refractivity contribution is 7.99. The zero-order chi connectivity index (χ0) is 13.7. The van der Waals surface area contributed by atoms with Gasteiger partial charge in [0.2, 0.25) is 5.70 Å². The molecule has 2 rings (SSSR count). The Kier molecular flexibility index (Phi) is 4.36. The lowest BCUT2D eigenvalue weighted by molar-refractivity contribution is -0.422. The van der Waals surface area contributed by atoms with Gasteiger partial charge < -0.3 is 0 Å². The highest BCUT2D eigenvalue weighted by atomic mass is 32.2. The average Bonchev–Trinajstić information content (AvgIpc) is 2.42. The molecule has 96 valence electrons. The number of hydrogen-bond acceptors (Lipinski definition) is 3. The molecule has 0 fully saturated rings. The van der Waals surface area contributed by atoms with Crippen molar-refractivity contribution in [3.63, 3.8) is 0 Å². The third-order valence-electron chi connectivity index (χ3n) is 2.52. The van der Waals surface area contributed by atoms with Crippen LogP contribution in [0, 0.1) is 10.1 Å². The molecule has 0 bridgehead atoms. The van der Waals surface area contributed by atoms with E-state index in [-0.39, 0.29) is 10.6 Å². The van der Waals surface area contributed by atoms with Crippen LogP contribution < -0.4 is 0 Å². The van der Waals surface area contributed by atoms with E-state index in [9.17, 15) is 10.1 Å². The van der Waals surface area contributed by atoms with Gasteiger partial charge in [-0.3, -0.25) is 10.1 Å². The summed E-state index contributed by atoms with van der Waals surface area (Å²) in [6, 6.07) is 17.8. The van der Waals surface area contributed by atoms with Crippen LogP contribution in [0.2, 0.25) is 0 Å². The number of benzene rings is 2. The van der Waals surface area contributed by atoms with Gasteiger partial charge in [-0.05, 0) is 29.8 Å². The van der Waals surface area contributed by atoms with E-state index in [4.69, 9.17) is 0 Å². The van der Waals surface area contributed by atoms with E-state index in [1.165, 1.54) is 11.8 Å². The van der Waals surface area contributed by atoms with Crippen LogP contribution in [0.5, 0.6) is 0 Å². The second kappa shape index (κ2) is 6.20. The molecule has 0 N–H and O–H groups in total. The first-order valence-electron chi connectivity index (χ1n) is 5.81. The molecular formula is C15H13NO2S. The number of hydrogen-bond donors (Lipinski definition) is 0. The van der Waals surface area contributed by atoms with E-state index < -0.39 is 0 Å². The molecule has 0 atom stereocenters. The third-order valence-corrected chi connectivity index (χ3v) is 3.54. The van der Waals surface area contributed by atoms with E-state index in [0.29, 0.717) is 0 Å². The molecule has 0 aromatic heterocycles. The van der Waals surface area contributed by atoms with Gasteiger partial charge in [-0.1, -0.05) is 42.1 Å². The largest absolute Gasteiger partial charge is 0.259 e. The summed E-state index contributed by atoms with van der Waals surface area (Å²) < 4.78 is 0. The van der Waals surface area contributed by atoms with Crippen LogP contribution in [0.25, 0.3) is 6.08 Å². The smallest absolute Gasteiger partial charge is 0.243 e. The lowest BCUT2D eigenvalue weighted by Crippen LogP contribution is -1.92. The highest BCUT2D eigenvalue weighted by Gasteiger charge is 2.02. The Morgan fingerprint density at radius 1 is 1.05 bits per heavy atom. The molecule has 3 nitrogen and oxygen atoms in total. The summed E-state index contributed by atoms with van der Waals surface area (Å²) in [6.45, 7) is 1.49. The van der Waals surface area contributed by atoms with Crippen molar-refractivity contribution in [3.8, 4) is 0 Å². The second-order valence-corrected chi connectivity index (χ2v) is 5.17. The lowest BCUT2D eigenvalue weighted by Gasteiger charge is -2.01. The van der Waals surface area contributed by atoms with Crippen molar-refractivity contribution in [1.29, 1.82) is 0 Å². The van der Waals surface area contributed by atoms with E-state index in [0.717, 1.165) is 10.5 Å². The molecule has 0 saturated carbocycles. The minimum absolute atomic E-state index is 0.142. The highest BCUT2D eigenvalue weighted by Crippen LogP contribution is 2.27. The first-order chi connectivity index (χ1) is 9.15.